The standard InChI is InChI=1S/C16H14Cl2O2/c1-10(2)20-12-6-3-5-11(9-12)16(19)13-7-4-8-14(17)15(13)18/h3-10H,1-2H3. The van der Waals surface area contributed by atoms with Gasteiger partial charge in [-0.2, -0.15) is 0 Å². The molecule has 0 spiro atoms. The summed E-state index contributed by atoms with van der Waals surface area (Å²) in [5, 5.41) is 0.640. The first-order valence-corrected chi connectivity index (χ1v) is 7.00. The van der Waals surface area contributed by atoms with Gasteiger partial charge >= 0.3 is 0 Å². The van der Waals surface area contributed by atoms with Crippen LogP contribution in [-0.4, -0.2) is 11.9 Å². The summed E-state index contributed by atoms with van der Waals surface area (Å²) in [5.74, 6) is 0.482. The largest absolute Gasteiger partial charge is 0.491 e. The molecule has 0 N–H and O–H groups in total. The molecule has 0 bridgehead atoms. The number of halogens is 2. The molecule has 0 radical (unpaired) electrons. The molecule has 0 aliphatic carbocycles. The molecule has 0 saturated carbocycles. The molecule has 2 nitrogen and oxygen atoms in total. The molecule has 0 aliphatic heterocycles. The molecule has 20 heavy (non-hydrogen) atoms. The third-order valence-corrected chi connectivity index (χ3v) is 3.48. The van der Waals surface area contributed by atoms with Crippen LogP contribution in [0.2, 0.25) is 10.0 Å². The van der Waals surface area contributed by atoms with Crippen LogP contribution in [0.5, 0.6) is 5.75 Å². The van der Waals surface area contributed by atoms with E-state index in [9.17, 15) is 4.79 Å². The lowest BCUT2D eigenvalue weighted by atomic mass is 10.0. The monoisotopic (exact) mass is 308 g/mol. The molecular weight excluding hydrogens is 295 g/mol. The molecule has 0 saturated heterocycles. The average Bonchev–Trinajstić information content (AvgIpc) is 2.41. The van der Waals surface area contributed by atoms with Crippen molar-refractivity contribution in [1.29, 1.82) is 0 Å². The molecule has 0 atom stereocenters. The highest BCUT2D eigenvalue weighted by Crippen LogP contribution is 2.28. The first kappa shape index (κ1) is 14.9. The van der Waals surface area contributed by atoms with Crippen LogP contribution < -0.4 is 4.74 Å². The normalized spacial score (nSPS) is 10.7. The Labute approximate surface area is 128 Å². The topological polar surface area (TPSA) is 26.3 Å². The molecule has 104 valence electrons. The van der Waals surface area contributed by atoms with Crippen molar-refractivity contribution in [2.24, 2.45) is 0 Å². The maximum atomic E-state index is 12.5. The first-order valence-electron chi connectivity index (χ1n) is 6.24. The molecule has 0 amide bonds. The number of carbonyl (C=O) groups is 1. The molecule has 2 rings (SSSR count). The summed E-state index contributed by atoms with van der Waals surface area (Å²) in [7, 11) is 0. The fourth-order valence-corrected chi connectivity index (χ4v) is 2.20. The Morgan fingerprint density at radius 1 is 1.10 bits per heavy atom. The summed E-state index contributed by atoms with van der Waals surface area (Å²) in [4.78, 5) is 12.5. The Morgan fingerprint density at radius 2 is 1.80 bits per heavy atom. The summed E-state index contributed by atoms with van der Waals surface area (Å²) >= 11 is 12.0. The molecule has 0 unspecified atom stereocenters. The Morgan fingerprint density at radius 3 is 2.50 bits per heavy atom. The smallest absolute Gasteiger partial charge is 0.194 e. The average molecular weight is 309 g/mol. The highest BCUT2D eigenvalue weighted by atomic mass is 35.5. The van der Waals surface area contributed by atoms with Crippen LogP contribution in [-0.2, 0) is 0 Å². The van der Waals surface area contributed by atoms with Crippen molar-refractivity contribution in [2.45, 2.75) is 20.0 Å². The summed E-state index contributed by atoms with van der Waals surface area (Å²) < 4.78 is 5.58. The number of carbonyl (C=O) groups excluding carboxylic acids is 1. The molecule has 0 fully saturated rings. The number of hydrogen-bond donors (Lipinski definition) is 0. The predicted octanol–water partition coefficient (Wildman–Crippen LogP) is 5.01. The van der Waals surface area contributed by atoms with E-state index in [0.29, 0.717) is 21.9 Å². The molecule has 2 aromatic rings. The van der Waals surface area contributed by atoms with Gasteiger partial charge in [-0.05, 0) is 38.1 Å². The predicted molar refractivity (Wildman–Crippen MR) is 82.1 cm³/mol. The Bertz CT molecular complexity index is 636. The zero-order valence-corrected chi connectivity index (χ0v) is 12.7. The second-order valence-electron chi connectivity index (χ2n) is 4.62. The van der Waals surface area contributed by atoms with Crippen molar-refractivity contribution in [1.82, 2.24) is 0 Å². The van der Waals surface area contributed by atoms with E-state index in [1.807, 2.05) is 19.9 Å². The minimum absolute atomic E-state index is 0.0510. The molecular formula is C16H14Cl2O2. The van der Waals surface area contributed by atoms with Crippen molar-refractivity contribution in [2.75, 3.05) is 0 Å². The fraction of sp³-hybridized carbons (Fsp3) is 0.188. The van der Waals surface area contributed by atoms with Gasteiger partial charge in [0.25, 0.3) is 0 Å². The maximum Gasteiger partial charge on any atom is 0.194 e. The van der Waals surface area contributed by atoms with Gasteiger partial charge in [-0.25, -0.2) is 0 Å². The first-order chi connectivity index (χ1) is 9.49. The van der Waals surface area contributed by atoms with Crippen LogP contribution in [0.15, 0.2) is 42.5 Å². The van der Waals surface area contributed by atoms with Crippen molar-refractivity contribution in [3.8, 4) is 5.75 Å². The van der Waals surface area contributed by atoms with Gasteiger partial charge in [-0.3, -0.25) is 4.79 Å². The fourth-order valence-electron chi connectivity index (χ4n) is 1.82. The Hall–Kier alpha value is -1.51. The minimum atomic E-state index is -0.174. The van der Waals surface area contributed by atoms with E-state index in [0.717, 1.165) is 0 Å². The van der Waals surface area contributed by atoms with Crippen LogP contribution in [0, 0.1) is 0 Å². The zero-order chi connectivity index (χ0) is 14.7. The van der Waals surface area contributed by atoms with E-state index >= 15 is 0 Å². The second-order valence-corrected chi connectivity index (χ2v) is 5.41. The summed E-state index contributed by atoms with van der Waals surface area (Å²) in [6.07, 6.45) is 0.0510. The quantitative estimate of drug-likeness (QED) is 0.742. The number of rotatable bonds is 4. The summed E-state index contributed by atoms with van der Waals surface area (Å²) in [6.45, 7) is 3.87. The number of ketones is 1. The molecule has 0 aromatic heterocycles. The van der Waals surface area contributed by atoms with Crippen LogP contribution in [0.4, 0.5) is 0 Å². The SMILES string of the molecule is CC(C)Oc1cccc(C(=O)c2cccc(Cl)c2Cl)c1. The number of benzene rings is 2. The minimum Gasteiger partial charge on any atom is -0.491 e. The van der Waals surface area contributed by atoms with Crippen LogP contribution in [0.3, 0.4) is 0 Å². The van der Waals surface area contributed by atoms with Crippen molar-refractivity contribution in [3.05, 3.63) is 63.6 Å². The van der Waals surface area contributed by atoms with Crippen molar-refractivity contribution in [3.63, 3.8) is 0 Å². The highest BCUT2D eigenvalue weighted by molar-refractivity contribution is 6.44. The summed E-state index contributed by atoms with van der Waals surface area (Å²) in [5.41, 5.74) is 0.910. The molecule has 0 heterocycles. The van der Waals surface area contributed by atoms with Crippen LogP contribution in [0.1, 0.15) is 29.8 Å². The van der Waals surface area contributed by atoms with Gasteiger partial charge in [0.2, 0.25) is 0 Å². The van der Waals surface area contributed by atoms with Crippen LogP contribution in [0.25, 0.3) is 0 Å². The van der Waals surface area contributed by atoms with Gasteiger partial charge < -0.3 is 4.74 Å². The van der Waals surface area contributed by atoms with Gasteiger partial charge in [0.15, 0.2) is 5.78 Å². The van der Waals surface area contributed by atoms with Crippen LogP contribution >= 0.6 is 23.2 Å². The van der Waals surface area contributed by atoms with E-state index in [4.69, 9.17) is 27.9 Å². The second kappa shape index (κ2) is 6.29. The van der Waals surface area contributed by atoms with Gasteiger partial charge in [0.1, 0.15) is 5.75 Å². The molecule has 2 aromatic carbocycles. The van der Waals surface area contributed by atoms with E-state index in [1.165, 1.54) is 0 Å². The lowest BCUT2D eigenvalue weighted by Gasteiger charge is -2.11. The number of hydrogen-bond acceptors (Lipinski definition) is 2. The van der Waals surface area contributed by atoms with Gasteiger partial charge in [0.05, 0.1) is 16.1 Å². The Kier molecular flexibility index (Phi) is 4.69. The van der Waals surface area contributed by atoms with E-state index in [1.54, 1.807) is 36.4 Å². The van der Waals surface area contributed by atoms with Crippen molar-refractivity contribution < 1.29 is 9.53 Å². The van der Waals surface area contributed by atoms with E-state index < -0.39 is 0 Å². The molecule has 4 heteroatoms. The van der Waals surface area contributed by atoms with Gasteiger partial charge in [-0.15, -0.1) is 0 Å². The maximum absolute atomic E-state index is 12.5. The van der Waals surface area contributed by atoms with Gasteiger partial charge in [-0.1, -0.05) is 41.4 Å². The lowest BCUT2D eigenvalue weighted by Crippen LogP contribution is -2.07. The van der Waals surface area contributed by atoms with E-state index in [2.05, 4.69) is 0 Å². The Balaban J connectivity index is 2.36. The lowest BCUT2D eigenvalue weighted by molar-refractivity contribution is 0.103. The third-order valence-electron chi connectivity index (χ3n) is 2.66. The zero-order valence-electron chi connectivity index (χ0n) is 11.2. The van der Waals surface area contributed by atoms with E-state index in [-0.39, 0.29) is 16.9 Å². The number of ether oxygens (including phenoxy) is 1. The third kappa shape index (κ3) is 3.33. The molecule has 0 aliphatic rings. The highest BCUT2D eigenvalue weighted by Gasteiger charge is 2.15. The summed E-state index contributed by atoms with van der Waals surface area (Å²) in [6, 6.07) is 12.0. The van der Waals surface area contributed by atoms with Crippen molar-refractivity contribution >= 4 is 29.0 Å². The van der Waals surface area contributed by atoms with Gasteiger partial charge in [0, 0.05) is 11.1 Å².